The highest BCUT2D eigenvalue weighted by Gasteiger charge is 2.09. The number of ether oxygens (including phenoxy) is 1. The van der Waals surface area contributed by atoms with Gasteiger partial charge in [-0.1, -0.05) is 36.4 Å². The fourth-order valence-electron chi connectivity index (χ4n) is 1.92. The maximum atomic E-state index is 12.2. The summed E-state index contributed by atoms with van der Waals surface area (Å²) in [5.74, 6) is -0.234. The highest BCUT2D eigenvalue weighted by molar-refractivity contribution is 7.80. The van der Waals surface area contributed by atoms with Crippen molar-refractivity contribution < 1.29 is 9.53 Å². The quantitative estimate of drug-likeness (QED) is 0.455. The van der Waals surface area contributed by atoms with Gasteiger partial charge >= 0.3 is 0 Å². The topological polar surface area (TPSA) is 62.4 Å². The van der Waals surface area contributed by atoms with Crippen LogP contribution in [0.4, 0.5) is 0 Å². The number of carbonyl (C=O) groups excluding carboxylic acids is 1. The largest absolute Gasteiger partial charge is 0.383 e. The normalized spacial score (nSPS) is 10.1. The summed E-state index contributed by atoms with van der Waals surface area (Å²) >= 11 is 5.04. The fraction of sp³-hybridized carbons (Fsp3) is 0.200. The van der Waals surface area contributed by atoms with E-state index in [4.69, 9.17) is 17.0 Å². The molecule has 0 heterocycles. The molecule has 3 N–H and O–H groups in total. The second kappa shape index (κ2) is 7.56. The van der Waals surface area contributed by atoms with Crippen LogP contribution in [0.2, 0.25) is 0 Å². The molecule has 0 radical (unpaired) electrons. The zero-order valence-electron chi connectivity index (χ0n) is 11.7. The third-order valence-electron chi connectivity index (χ3n) is 2.92. The number of methoxy groups -OCH3 is 1. The van der Waals surface area contributed by atoms with Crippen molar-refractivity contribution in [3.63, 3.8) is 0 Å². The van der Waals surface area contributed by atoms with Gasteiger partial charge in [-0.05, 0) is 29.1 Å². The first-order valence-corrected chi connectivity index (χ1v) is 6.94. The number of thiocarbonyl (C=S) groups is 1. The van der Waals surface area contributed by atoms with E-state index in [9.17, 15) is 4.79 Å². The Kier molecular flexibility index (Phi) is 5.48. The molecule has 0 aliphatic rings. The molecule has 0 saturated carbocycles. The lowest BCUT2D eigenvalue weighted by Gasteiger charge is -2.12. The van der Waals surface area contributed by atoms with E-state index in [0.717, 1.165) is 10.8 Å². The number of hydrogen-bond donors (Lipinski definition) is 3. The van der Waals surface area contributed by atoms with Crippen molar-refractivity contribution in [1.29, 1.82) is 0 Å². The first kappa shape index (κ1) is 15.2. The molecule has 0 aliphatic carbocycles. The Labute approximate surface area is 128 Å². The van der Waals surface area contributed by atoms with Gasteiger partial charge in [0.1, 0.15) is 0 Å². The van der Waals surface area contributed by atoms with Gasteiger partial charge in [0.05, 0.1) is 6.61 Å². The van der Waals surface area contributed by atoms with E-state index < -0.39 is 0 Å². The molecule has 5 nitrogen and oxygen atoms in total. The van der Waals surface area contributed by atoms with Crippen LogP contribution in [0.15, 0.2) is 42.5 Å². The second-order valence-corrected chi connectivity index (χ2v) is 4.76. The summed E-state index contributed by atoms with van der Waals surface area (Å²) in [6.45, 7) is 1.12. The van der Waals surface area contributed by atoms with Crippen LogP contribution in [0.25, 0.3) is 10.8 Å². The van der Waals surface area contributed by atoms with Crippen molar-refractivity contribution in [2.45, 2.75) is 0 Å². The van der Waals surface area contributed by atoms with Gasteiger partial charge in [-0.25, -0.2) is 0 Å². The van der Waals surface area contributed by atoms with Gasteiger partial charge in [0.2, 0.25) is 0 Å². The summed E-state index contributed by atoms with van der Waals surface area (Å²) in [6.07, 6.45) is 0. The summed E-state index contributed by atoms with van der Waals surface area (Å²) in [7, 11) is 1.61. The number of benzene rings is 2. The third kappa shape index (κ3) is 4.14. The average Bonchev–Trinajstić information content (AvgIpc) is 2.52. The van der Waals surface area contributed by atoms with Crippen molar-refractivity contribution in [3.05, 3.63) is 48.0 Å². The highest BCUT2D eigenvalue weighted by atomic mass is 32.1. The monoisotopic (exact) mass is 303 g/mol. The Morgan fingerprint density at radius 1 is 1.14 bits per heavy atom. The summed E-state index contributed by atoms with van der Waals surface area (Å²) in [6, 6.07) is 13.3. The van der Waals surface area contributed by atoms with Crippen LogP contribution < -0.4 is 16.2 Å². The molecule has 0 saturated heterocycles. The molecule has 6 heteroatoms. The van der Waals surface area contributed by atoms with Gasteiger partial charge in [-0.15, -0.1) is 0 Å². The van der Waals surface area contributed by atoms with E-state index >= 15 is 0 Å². The minimum atomic E-state index is -0.234. The SMILES string of the molecule is COCCNC(=S)NNC(=O)c1cccc2ccccc12. The first-order valence-electron chi connectivity index (χ1n) is 6.53. The van der Waals surface area contributed by atoms with Gasteiger partial charge in [0.15, 0.2) is 5.11 Å². The molecule has 0 unspecified atom stereocenters. The zero-order valence-corrected chi connectivity index (χ0v) is 12.5. The summed E-state index contributed by atoms with van der Waals surface area (Å²) in [5.41, 5.74) is 5.85. The molecule has 0 aliphatic heterocycles. The number of nitrogens with one attached hydrogen (secondary N) is 3. The van der Waals surface area contributed by atoms with E-state index in [1.165, 1.54) is 0 Å². The van der Waals surface area contributed by atoms with Crippen molar-refractivity contribution in [1.82, 2.24) is 16.2 Å². The number of hydrogen-bond acceptors (Lipinski definition) is 3. The van der Waals surface area contributed by atoms with Crippen LogP contribution in [-0.2, 0) is 4.74 Å². The highest BCUT2D eigenvalue weighted by Crippen LogP contribution is 2.17. The first-order chi connectivity index (χ1) is 10.2. The van der Waals surface area contributed by atoms with Crippen molar-refractivity contribution in [2.24, 2.45) is 0 Å². The molecular weight excluding hydrogens is 286 g/mol. The Morgan fingerprint density at radius 3 is 2.71 bits per heavy atom. The van der Waals surface area contributed by atoms with Gasteiger partial charge in [0, 0.05) is 19.2 Å². The lowest BCUT2D eigenvalue weighted by molar-refractivity contribution is 0.0945. The number of hydrazine groups is 1. The van der Waals surface area contributed by atoms with E-state index in [1.807, 2.05) is 36.4 Å². The van der Waals surface area contributed by atoms with E-state index in [1.54, 1.807) is 13.2 Å². The predicted octanol–water partition coefficient (Wildman–Crippen LogP) is 1.60. The van der Waals surface area contributed by atoms with Crippen LogP contribution in [0.5, 0.6) is 0 Å². The maximum Gasteiger partial charge on any atom is 0.270 e. The number of fused-ring (bicyclic) bond motifs is 1. The summed E-state index contributed by atoms with van der Waals surface area (Å²) < 4.78 is 4.90. The number of rotatable bonds is 4. The smallest absolute Gasteiger partial charge is 0.270 e. The van der Waals surface area contributed by atoms with Crippen molar-refractivity contribution >= 4 is 34.0 Å². The van der Waals surface area contributed by atoms with Crippen LogP contribution in [-0.4, -0.2) is 31.3 Å². The lowest BCUT2D eigenvalue weighted by Crippen LogP contribution is -2.47. The molecule has 110 valence electrons. The molecule has 0 aromatic heterocycles. The fourth-order valence-corrected chi connectivity index (χ4v) is 2.07. The van der Waals surface area contributed by atoms with Crippen molar-refractivity contribution in [3.8, 4) is 0 Å². The van der Waals surface area contributed by atoms with Gasteiger partial charge in [-0.2, -0.15) is 0 Å². The minimum Gasteiger partial charge on any atom is -0.383 e. The van der Waals surface area contributed by atoms with E-state index in [-0.39, 0.29) is 5.91 Å². The Balaban J connectivity index is 1.98. The summed E-state index contributed by atoms with van der Waals surface area (Å²) in [4.78, 5) is 12.2. The molecule has 2 aromatic carbocycles. The molecule has 0 bridgehead atoms. The van der Waals surface area contributed by atoms with E-state index in [0.29, 0.717) is 23.8 Å². The van der Waals surface area contributed by atoms with Crippen LogP contribution in [0.3, 0.4) is 0 Å². The van der Waals surface area contributed by atoms with Gasteiger partial charge in [-0.3, -0.25) is 15.6 Å². The third-order valence-corrected chi connectivity index (χ3v) is 3.16. The molecule has 21 heavy (non-hydrogen) atoms. The Hall–Kier alpha value is -2.18. The molecule has 1 amide bonds. The molecule has 0 atom stereocenters. The molecule has 0 fully saturated rings. The second-order valence-electron chi connectivity index (χ2n) is 4.35. The van der Waals surface area contributed by atoms with E-state index in [2.05, 4.69) is 16.2 Å². The van der Waals surface area contributed by atoms with Crippen LogP contribution in [0.1, 0.15) is 10.4 Å². The standard InChI is InChI=1S/C15H17N3O2S/c1-20-10-9-16-15(21)18-17-14(19)13-8-4-6-11-5-2-3-7-12(11)13/h2-8H,9-10H2,1H3,(H,17,19)(H2,16,18,21). The molecule has 0 spiro atoms. The van der Waals surface area contributed by atoms with Gasteiger partial charge < -0.3 is 10.1 Å². The zero-order chi connectivity index (χ0) is 15.1. The maximum absolute atomic E-state index is 12.2. The number of carbonyl (C=O) groups is 1. The minimum absolute atomic E-state index is 0.234. The summed E-state index contributed by atoms with van der Waals surface area (Å²) in [5, 5.41) is 5.18. The molecular formula is C15H17N3O2S. The van der Waals surface area contributed by atoms with Crippen LogP contribution in [0, 0.1) is 0 Å². The Bertz CT molecular complexity index is 640. The van der Waals surface area contributed by atoms with Crippen LogP contribution >= 0.6 is 12.2 Å². The lowest BCUT2D eigenvalue weighted by atomic mass is 10.0. The van der Waals surface area contributed by atoms with Gasteiger partial charge in [0.25, 0.3) is 5.91 Å². The Morgan fingerprint density at radius 2 is 1.90 bits per heavy atom. The predicted molar refractivity (Wildman–Crippen MR) is 87.0 cm³/mol. The molecule has 2 aromatic rings. The van der Waals surface area contributed by atoms with Crippen molar-refractivity contribution in [2.75, 3.05) is 20.3 Å². The molecule has 2 rings (SSSR count). The average molecular weight is 303 g/mol. The number of amides is 1.